The third kappa shape index (κ3) is 4.31. The average molecular weight is 423 g/mol. The Labute approximate surface area is 167 Å². The number of nitrogens with one attached hydrogen (secondary N) is 1. The van der Waals surface area contributed by atoms with Crippen LogP contribution in [0.25, 0.3) is 11.0 Å². The highest BCUT2D eigenvalue weighted by atomic mass is 19.4. The van der Waals surface area contributed by atoms with Gasteiger partial charge in [0.2, 0.25) is 0 Å². The number of esters is 1. The molecule has 1 aromatic carbocycles. The van der Waals surface area contributed by atoms with Crippen LogP contribution in [0.5, 0.6) is 0 Å². The summed E-state index contributed by atoms with van der Waals surface area (Å²) in [6.07, 6.45) is -3.62. The van der Waals surface area contributed by atoms with Crippen LogP contribution in [-0.4, -0.2) is 37.3 Å². The summed E-state index contributed by atoms with van der Waals surface area (Å²) >= 11 is 0. The zero-order chi connectivity index (χ0) is 22.1. The summed E-state index contributed by atoms with van der Waals surface area (Å²) in [5.41, 5.74) is -1.68. The van der Waals surface area contributed by atoms with Gasteiger partial charge in [0.05, 0.1) is 17.4 Å². The van der Waals surface area contributed by atoms with E-state index in [1.807, 2.05) is 0 Å². The molecule has 0 saturated carbocycles. The second kappa shape index (κ2) is 7.97. The van der Waals surface area contributed by atoms with Crippen LogP contribution in [0.3, 0.4) is 0 Å². The molecule has 9 nitrogen and oxygen atoms in total. The molecule has 30 heavy (non-hydrogen) atoms. The zero-order valence-electron chi connectivity index (χ0n) is 15.8. The van der Waals surface area contributed by atoms with Crippen LogP contribution in [0, 0.1) is 0 Å². The number of aromatic nitrogens is 4. The van der Waals surface area contributed by atoms with E-state index in [1.165, 1.54) is 29.9 Å². The molecule has 0 saturated heterocycles. The molecule has 0 spiro atoms. The third-order valence-corrected chi connectivity index (χ3v) is 4.19. The summed E-state index contributed by atoms with van der Waals surface area (Å²) in [6, 6.07) is 4.42. The quantitative estimate of drug-likeness (QED) is 0.626. The third-order valence-electron chi connectivity index (χ3n) is 4.19. The number of carbonyl (C=O) groups is 2. The molecule has 2 aromatic heterocycles. The van der Waals surface area contributed by atoms with Gasteiger partial charge in [-0.1, -0.05) is 12.1 Å². The Balaban J connectivity index is 1.67. The standard InChI is InChI=1S/C18H16F3N5O4/c1-10(16(28)24-13-6-4-3-5-12(13)18(19,20)21)30-14(27)8-26-9-22-15-11(17(26)29)7-23-25(15)2/h3-7,9-10H,8H2,1-2H3,(H,24,28). The molecule has 1 N–H and O–H groups in total. The largest absolute Gasteiger partial charge is 0.451 e. The van der Waals surface area contributed by atoms with Crippen molar-refractivity contribution in [3.8, 4) is 0 Å². The van der Waals surface area contributed by atoms with E-state index in [1.54, 1.807) is 7.05 Å². The minimum Gasteiger partial charge on any atom is -0.451 e. The lowest BCUT2D eigenvalue weighted by molar-refractivity contribution is -0.153. The lowest BCUT2D eigenvalue weighted by Gasteiger charge is -2.17. The van der Waals surface area contributed by atoms with Crippen LogP contribution in [0.1, 0.15) is 12.5 Å². The number of ether oxygens (including phenoxy) is 1. The highest BCUT2D eigenvalue weighted by Crippen LogP contribution is 2.34. The lowest BCUT2D eigenvalue weighted by atomic mass is 10.1. The predicted octanol–water partition coefficient (Wildman–Crippen LogP) is 1.72. The number of hydrogen-bond acceptors (Lipinski definition) is 6. The SMILES string of the molecule is CC(OC(=O)Cn1cnc2c(cnn2C)c1=O)C(=O)Nc1ccccc1C(F)(F)F. The minimum atomic E-state index is -4.66. The molecule has 1 amide bonds. The first kappa shape index (κ1) is 21.0. The molecule has 0 aliphatic heterocycles. The average Bonchev–Trinajstić information content (AvgIpc) is 3.05. The number of rotatable bonds is 5. The molecule has 12 heteroatoms. The van der Waals surface area contributed by atoms with Crippen molar-refractivity contribution in [2.24, 2.45) is 7.05 Å². The van der Waals surface area contributed by atoms with Gasteiger partial charge < -0.3 is 10.1 Å². The van der Waals surface area contributed by atoms with Gasteiger partial charge in [0.1, 0.15) is 18.3 Å². The molecule has 0 aliphatic carbocycles. The molecule has 0 radical (unpaired) electrons. The maximum absolute atomic E-state index is 13.0. The number of anilines is 1. The number of nitrogens with zero attached hydrogens (tertiary/aromatic N) is 4. The molecule has 3 aromatic rings. The van der Waals surface area contributed by atoms with Crippen molar-refractivity contribution in [2.75, 3.05) is 5.32 Å². The highest BCUT2D eigenvalue weighted by molar-refractivity contribution is 5.95. The number of carbonyl (C=O) groups excluding carboxylic acids is 2. The number of amides is 1. The van der Waals surface area contributed by atoms with Gasteiger partial charge in [-0.05, 0) is 19.1 Å². The second-order valence-electron chi connectivity index (χ2n) is 6.35. The van der Waals surface area contributed by atoms with Crippen LogP contribution in [0.2, 0.25) is 0 Å². The minimum absolute atomic E-state index is 0.197. The molecule has 158 valence electrons. The summed E-state index contributed by atoms with van der Waals surface area (Å²) in [6.45, 7) is 0.669. The Morgan fingerprint density at radius 3 is 2.67 bits per heavy atom. The summed E-state index contributed by atoms with van der Waals surface area (Å²) in [7, 11) is 1.60. The van der Waals surface area contributed by atoms with Crippen LogP contribution in [0.4, 0.5) is 18.9 Å². The molecule has 0 aliphatic rings. The number of hydrogen-bond donors (Lipinski definition) is 1. The lowest BCUT2D eigenvalue weighted by Crippen LogP contribution is -2.33. The van der Waals surface area contributed by atoms with E-state index in [4.69, 9.17) is 4.74 Å². The van der Waals surface area contributed by atoms with Crippen molar-refractivity contribution in [2.45, 2.75) is 25.7 Å². The Bertz CT molecular complexity index is 1170. The summed E-state index contributed by atoms with van der Waals surface area (Å²) in [5.74, 6) is -1.89. The monoisotopic (exact) mass is 423 g/mol. The van der Waals surface area contributed by atoms with Crippen molar-refractivity contribution in [1.29, 1.82) is 0 Å². The molecule has 2 heterocycles. The van der Waals surface area contributed by atoms with E-state index >= 15 is 0 Å². The number of fused-ring (bicyclic) bond motifs is 1. The van der Waals surface area contributed by atoms with E-state index in [-0.39, 0.29) is 5.39 Å². The maximum atomic E-state index is 13.0. The second-order valence-corrected chi connectivity index (χ2v) is 6.35. The summed E-state index contributed by atoms with van der Waals surface area (Å²) < 4.78 is 46.4. The summed E-state index contributed by atoms with van der Waals surface area (Å²) in [5, 5.41) is 6.20. The summed E-state index contributed by atoms with van der Waals surface area (Å²) in [4.78, 5) is 40.7. The van der Waals surface area contributed by atoms with Gasteiger partial charge in [-0.2, -0.15) is 18.3 Å². The van der Waals surface area contributed by atoms with Crippen LogP contribution in [0.15, 0.2) is 41.6 Å². The van der Waals surface area contributed by atoms with E-state index < -0.39 is 47.5 Å². The van der Waals surface area contributed by atoms with Crippen molar-refractivity contribution in [1.82, 2.24) is 19.3 Å². The van der Waals surface area contributed by atoms with E-state index in [0.29, 0.717) is 5.65 Å². The molecular formula is C18H16F3N5O4. The topological polar surface area (TPSA) is 108 Å². The van der Waals surface area contributed by atoms with Crippen molar-refractivity contribution < 1.29 is 27.5 Å². The number of para-hydroxylation sites is 1. The van der Waals surface area contributed by atoms with Crippen molar-refractivity contribution in [3.05, 3.63) is 52.7 Å². The Hall–Kier alpha value is -3.70. The van der Waals surface area contributed by atoms with Crippen LogP contribution >= 0.6 is 0 Å². The van der Waals surface area contributed by atoms with Gasteiger partial charge in [-0.3, -0.25) is 23.6 Å². The van der Waals surface area contributed by atoms with E-state index in [2.05, 4.69) is 15.4 Å². The van der Waals surface area contributed by atoms with Gasteiger partial charge in [-0.25, -0.2) is 4.98 Å². The highest BCUT2D eigenvalue weighted by Gasteiger charge is 2.34. The predicted molar refractivity (Wildman–Crippen MR) is 98.4 cm³/mol. The fourth-order valence-electron chi connectivity index (χ4n) is 2.68. The van der Waals surface area contributed by atoms with Gasteiger partial charge in [-0.15, -0.1) is 0 Å². The first-order chi connectivity index (χ1) is 14.1. The van der Waals surface area contributed by atoms with Crippen LogP contribution in [-0.2, 0) is 34.1 Å². The number of halogens is 3. The molecule has 0 bridgehead atoms. The van der Waals surface area contributed by atoms with Gasteiger partial charge in [0, 0.05) is 7.05 Å². The molecule has 0 fully saturated rings. The molecule has 1 unspecified atom stereocenters. The fourth-order valence-corrected chi connectivity index (χ4v) is 2.68. The smallest absolute Gasteiger partial charge is 0.418 e. The molecule has 1 atom stereocenters. The number of alkyl halides is 3. The van der Waals surface area contributed by atoms with Crippen LogP contribution < -0.4 is 10.9 Å². The first-order valence-electron chi connectivity index (χ1n) is 8.61. The Morgan fingerprint density at radius 1 is 1.27 bits per heavy atom. The number of benzene rings is 1. The molecule has 3 rings (SSSR count). The van der Waals surface area contributed by atoms with Gasteiger partial charge >= 0.3 is 12.1 Å². The Kier molecular flexibility index (Phi) is 5.58. The van der Waals surface area contributed by atoms with Crippen molar-refractivity contribution in [3.63, 3.8) is 0 Å². The van der Waals surface area contributed by atoms with Crippen molar-refractivity contribution >= 4 is 28.6 Å². The number of aryl methyl sites for hydroxylation is 1. The van der Waals surface area contributed by atoms with Gasteiger partial charge in [0.15, 0.2) is 11.8 Å². The van der Waals surface area contributed by atoms with E-state index in [9.17, 15) is 27.6 Å². The molecular weight excluding hydrogens is 407 g/mol. The maximum Gasteiger partial charge on any atom is 0.418 e. The van der Waals surface area contributed by atoms with E-state index in [0.717, 1.165) is 23.0 Å². The zero-order valence-corrected chi connectivity index (χ0v) is 15.8. The first-order valence-corrected chi connectivity index (χ1v) is 8.61. The fraction of sp³-hybridized carbons (Fsp3) is 0.278. The van der Waals surface area contributed by atoms with Gasteiger partial charge in [0.25, 0.3) is 11.5 Å². The Morgan fingerprint density at radius 2 is 1.97 bits per heavy atom. The normalized spacial score (nSPS) is 12.6.